The third-order valence-electron chi connectivity index (χ3n) is 4.86. The minimum absolute atomic E-state index is 0.124. The lowest BCUT2D eigenvalue weighted by Crippen LogP contribution is -2.10. The summed E-state index contributed by atoms with van der Waals surface area (Å²) in [7, 11) is 0. The number of carbonyl (C=O) groups excluding carboxylic acids is 2. The summed E-state index contributed by atoms with van der Waals surface area (Å²) in [6.07, 6.45) is 9.56. The van der Waals surface area contributed by atoms with Crippen LogP contribution in [0.1, 0.15) is 22.3 Å². The van der Waals surface area contributed by atoms with Gasteiger partial charge in [-0.05, 0) is 41.0 Å². The predicted molar refractivity (Wildman–Crippen MR) is 140 cm³/mol. The van der Waals surface area contributed by atoms with Crippen molar-refractivity contribution in [2.45, 2.75) is 0 Å². The molecular formula is C30H25FO5. The van der Waals surface area contributed by atoms with Crippen LogP contribution in [0, 0.1) is 5.82 Å². The van der Waals surface area contributed by atoms with E-state index >= 15 is 0 Å². The molecule has 3 rings (SSSR count). The van der Waals surface area contributed by atoms with Crippen LogP contribution in [-0.4, -0.2) is 25.2 Å². The minimum Gasteiger partial charge on any atom is -0.490 e. The highest BCUT2D eigenvalue weighted by Crippen LogP contribution is 2.20. The molecule has 0 aliphatic rings. The normalized spacial score (nSPS) is 10.8. The summed E-state index contributed by atoms with van der Waals surface area (Å²) in [5.74, 6) is -0.801. The van der Waals surface area contributed by atoms with E-state index in [9.17, 15) is 14.0 Å². The minimum atomic E-state index is -0.640. The average Bonchev–Trinajstić information content (AvgIpc) is 2.90. The van der Waals surface area contributed by atoms with Crippen molar-refractivity contribution >= 4 is 36.2 Å². The van der Waals surface area contributed by atoms with Gasteiger partial charge in [-0.1, -0.05) is 73.9 Å². The van der Waals surface area contributed by atoms with Gasteiger partial charge < -0.3 is 14.2 Å². The lowest BCUT2D eigenvalue weighted by atomic mass is 10.1. The van der Waals surface area contributed by atoms with E-state index in [1.807, 2.05) is 60.7 Å². The Hall–Kier alpha value is -4.71. The quantitative estimate of drug-likeness (QED) is 0.104. The number of esters is 2. The van der Waals surface area contributed by atoms with Gasteiger partial charge in [0.05, 0.1) is 0 Å². The van der Waals surface area contributed by atoms with Crippen molar-refractivity contribution < 1.29 is 28.2 Å². The average molecular weight is 485 g/mol. The third kappa shape index (κ3) is 8.25. The van der Waals surface area contributed by atoms with Crippen molar-refractivity contribution in [3.05, 3.63) is 120 Å². The zero-order valence-electron chi connectivity index (χ0n) is 19.6. The van der Waals surface area contributed by atoms with Crippen molar-refractivity contribution in [1.82, 2.24) is 0 Å². The van der Waals surface area contributed by atoms with Gasteiger partial charge in [0, 0.05) is 23.8 Å². The Bertz CT molecular complexity index is 1270. The summed E-state index contributed by atoms with van der Waals surface area (Å²) in [5.41, 5.74) is 3.30. The second-order valence-corrected chi connectivity index (χ2v) is 7.43. The van der Waals surface area contributed by atoms with Crippen LogP contribution in [0.4, 0.5) is 4.39 Å². The van der Waals surface area contributed by atoms with Gasteiger partial charge in [-0.15, -0.1) is 0 Å². The first kappa shape index (κ1) is 25.9. The molecule has 182 valence electrons. The third-order valence-corrected chi connectivity index (χ3v) is 4.86. The Morgan fingerprint density at radius 3 is 1.78 bits per heavy atom. The SMILES string of the molecule is C=CC(=O)OCCOc1ccc(/C=C/c2ccc(/C=C/c3ccc(OC(=O)C=C)cc3F)cc2)cc1. The van der Waals surface area contributed by atoms with E-state index in [1.54, 1.807) is 18.2 Å². The molecule has 0 atom stereocenters. The molecule has 0 bridgehead atoms. The second-order valence-electron chi connectivity index (χ2n) is 7.43. The number of rotatable bonds is 11. The summed E-state index contributed by atoms with van der Waals surface area (Å²) in [4.78, 5) is 22.2. The first-order valence-electron chi connectivity index (χ1n) is 11.1. The highest BCUT2D eigenvalue weighted by atomic mass is 19.1. The van der Waals surface area contributed by atoms with Gasteiger partial charge in [0.1, 0.15) is 30.5 Å². The highest BCUT2D eigenvalue weighted by molar-refractivity contribution is 5.83. The Labute approximate surface area is 209 Å². The van der Waals surface area contributed by atoms with Crippen LogP contribution in [0.2, 0.25) is 0 Å². The first-order valence-corrected chi connectivity index (χ1v) is 11.1. The molecule has 0 aromatic heterocycles. The molecule has 3 aromatic rings. The number of hydrogen-bond acceptors (Lipinski definition) is 5. The standard InChI is InChI=1S/C30H25FO5/c1-3-29(32)35-20-19-34-26-16-12-24(13-17-26)10-7-22-5-8-23(9-6-22)11-14-25-15-18-27(21-28(25)31)36-30(33)4-2/h3-18,21H,1-2,19-20H2/b10-7+,14-11+. The van der Waals surface area contributed by atoms with Crippen LogP contribution in [0.3, 0.4) is 0 Å². The van der Waals surface area contributed by atoms with E-state index < -0.39 is 17.8 Å². The molecule has 0 fully saturated rings. The zero-order valence-corrected chi connectivity index (χ0v) is 19.6. The molecule has 0 aliphatic carbocycles. The van der Waals surface area contributed by atoms with Crippen LogP contribution in [0.5, 0.6) is 11.5 Å². The number of ether oxygens (including phenoxy) is 3. The summed E-state index contributed by atoms with van der Waals surface area (Å²) < 4.78 is 29.6. The van der Waals surface area contributed by atoms with E-state index in [4.69, 9.17) is 14.2 Å². The lowest BCUT2D eigenvalue weighted by molar-refractivity contribution is -0.138. The van der Waals surface area contributed by atoms with Crippen molar-refractivity contribution in [3.63, 3.8) is 0 Å². The van der Waals surface area contributed by atoms with Gasteiger partial charge in [0.2, 0.25) is 0 Å². The molecule has 3 aromatic carbocycles. The van der Waals surface area contributed by atoms with Crippen molar-refractivity contribution in [1.29, 1.82) is 0 Å². The lowest BCUT2D eigenvalue weighted by Gasteiger charge is -2.06. The summed E-state index contributed by atoms with van der Waals surface area (Å²) in [5, 5.41) is 0. The Morgan fingerprint density at radius 1 is 0.694 bits per heavy atom. The van der Waals surface area contributed by atoms with Gasteiger partial charge in [0.15, 0.2) is 0 Å². The van der Waals surface area contributed by atoms with Gasteiger partial charge in [-0.2, -0.15) is 0 Å². The maximum atomic E-state index is 14.3. The first-order chi connectivity index (χ1) is 17.5. The fourth-order valence-corrected chi connectivity index (χ4v) is 3.00. The molecule has 36 heavy (non-hydrogen) atoms. The van der Waals surface area contributed by atoms with E-state index in [0.717, 1.165) is 34.9 Å². The molecule has 0 amide bonds. The van der Waals surface area contributed by atoms with E-state index in [1.165, 1.54) is 6.07 Å². The van der Waals surface area contributed by atoms with Gasteiger partial charge in [0.25, 0.3) is 0 Å². The van der Waals surface area contributed by atoms with Crippen LogP contribution in [-0.2, 0) is 14.3 Å². The van der Waals surface area contributed by atoms with Gasteiger partial charge in [-0.3, -0.25) is 0 Å². The summed E-state index contributed by atoms with van der Waals surface area (Å²) >= 11 is 0. The topological polar surface area (TPSA) is 61.8 Å². The smallest absolute Gasteiger partial charge is 0.335 e. The number of benzene rings is 3. The highest BCUT2D eigenvalue weighted by Gasteiger charge is 2.05. The van der Waals surface area contributed by atoms with E-state index in [0.29, 0.717) is 11.3 Å². The summed E-state index contributed by atoms with van der Waals surface area (Å²) in [6.45, 7) is 7.07. The van der Waals surface area contributed by atoms with Crippen molar-refractivity contribution in [3.8, 4) is 11.5 Å². The molecule has 0 N–H and O–H groups in total. The molecule has 0 radical (unpaired) electrons. The fourth-order valence-electron chi connectivity index (χ4n) is 3.00. The van der Waals surface area contributed by atoms with Crippen LogP contribution >= 0.6 is 0 Å². The number of halogens is 1. The largest absolute Gasteiger partial charge is 0.490 e. The predicted octanol–water partition coefficient (Wildman–Crippen LogP) is 6.37. The van der Waals surface area contributed by atoms with Gasteiger partial charge in [-0.25, -0.2) is 14.0 Å². The zero-order chi connectivity index (χ0) is 25.8. The Kier molecular flexibility index (Phi) is 9.53. The molecule has 0 saturated carbocycles. The molecule has 0 unspecified atom stereocenters. The summed E-state index contributed by atoms with van der Waals surface area (Å²) in [6, 6.07) is 19.6. The van der Waals surface area contributed by atoms with Crippen molar-refractivity contribution in [2.24, 2.45) is 0 Å². The van der Waals surface area contributed by atoms with Crippen LogP contribution < -0.4 is 9.47 Å². The van der Waals surface area contributed by atoms with Crippen molar-refractivity contribution in [2.75, 3.05) is 13.2 Å². The Morgan fingerprint density at radius 2 is 1.22 bits per heavy atom. The van der Waals surface area contributed by atoms with Gasteiger partial charge >= 0.3 is 11.9 Å². The number of carbonyl (C=O) groups is 2. The number of hydrogen-bond donors (Lipinski definition) is 0. The molecule has 5 nitrogen and oxygen atoms in total. The monoisotopic (exact) mass is 484 g/mol. The van der Waals surface area contributed by atoms with E-state index in [-0.39, 0.29) is 19.0 Å². The molecule has 0 saturated heterocycles. The maximum Gasteiger partial charge on any atom is 0.335 e. The fraction of sp³-hybridized carbons (Fsp3) is 0.0667. The molecular weight excluding hydrogens is 459 g/mol. The molecule has 0 spiro atoms. The van der Waals surface area contributed by atoms with E-state index in [2.05, 4.69) is 13.2 Å². The van der Waals surface area contributed by atoms with Crippen LogP contribution in [0.15, 0.2) is 92.0 Å². The van der Waals surface area contributed by atoms with Crippen LogP contribution in [0.25, 0.3) is 24.3 Å². The molecule has 0 aliphatic heterocycles. The molecule has 0 heterocycles. The second kappa shape index (κ2) is 13.2. The maximum absolute atomic E-state index is 14.3. The Balaban J connectivity index is 1.52. The molecule has 6 heteroatoms.